The minimum atomic E-state index is -3.21. The van der Waals surface area contributed by atoms with Crippen molar-refractivity contribution in [3.63, 3.8) is 0 Å². The number of halogens is 2. The number of nitrogens with one attached hydrogen (secondary N) is 1. The van der Waals surface area contributed by atoms with E-state index in [1.807, 2.05) is 0 Å². The highest BCUT2D eigenvalue weighted by Gasteiger charge is 2.77. The van der Waals surface area contributed by atoms with E-state index in [4.69, 9.17) is 23.2 Å². The van der Waals surface area contributed by atoms with Crippen LogP contribution in [0.5, 0.6) is 0 Å². The lowest BCUT2D eigenvalue weighted by atomic mass is 9.69. The molecule has 16 heavy (non-hydrogen) atoms. The third-order valence-electron chi connectivity index (χ3n) is 5.18. The minimum absolute atomic E-state index is 0.113. The molecule has 3 rings (SSSR count). The minimum Gasteiger partial charge on any atom is -0.212 e. The van der Waals surface area contributed by atoms with E-state index in [9.17, 15) is 8.42 Å². The van der Waals surface area contributed by atoms with Gasteiger partial charge in [-0.3, -0.25) is 0 Å². The van der Waals surface area contributed by atoms with E-state index in [1.165, 1.54) is 0 Å². The summed E-state index contributed by atoms with van der Waals surface area (Å²) in [7, 11) is -3.21. The fourth-order valence-corrected chi connectivity index (χ4v) is 7.92. The Kier molecular flexibility index (Phi) is 1.98. The van der Waals surface area contributed by atoms with Gasteiger partial charge in [0.25, 0.3) is 0 Å². The van der Waals surface area contributed by atoms with Crippen molar-refractivity contribution < 1.29 is 8.42 Å². The van der Waals surface area contributed by atoms with Crippen LogP contribution in [-0.2, 0) is 10.0 Å². The fraction of sp³-hybridized carbons (Fsp3) is 1.00. The summed E-state index contributed by atoms with van der Waals surface area (Å²) in [5.74, 6) is 0.353. The summed E-state index contributed by atoms with van der Waals surface area (Å²) in [6.07, 6.45) is 1.83. The van der Waals surface area contributed by atoms with Gasteiger partial charge in [0.05, 0.1) is 11.8 Å². The third kappa shape index (κ3) is 1.03. The SMILES string of the molecule is CC1(C)[C@@H]2CCC13CS(=O)(=O)N[C@@H]3C2(Cl)Cl. The second kappa shape index (κ2) is 2.73. The Morgan fingerprint density at radius 3 is 2.50 bits per heavy atom. The first-order valence-corrected chi connectivity index (χ1v) is 7.92. The van der Waals surface area contributed by atoms with Gasteiger partial charge in [-0.2, -0.15) is 0 Å². The first-order chi connectivity index (χ1) is 7.14. The molecule has 2 saturated carbocycles. The maximum atomic E-state index is 11.8. The molecule has 3 fully saturated rings. The Morgan fingerprint density at radius 1 is 1.31 bits per heavy atom. The van der Waals surface area contributed by atoms with Crippen molar-refractivity contribution in [2.45, 2.75) is 37.1 Å². The van der Waals surface area contributed by atoms with E-state index in [1.54, 1.807) is 0 Å². The summed E-state index contributed by atoms with van der Waals surface area (Å²) in [6.45, 7) is 4.21. The molecular formula is C10H15Cl2NO2S. The molecule has 0 amide bonds. The lowest BCUT2D eigenvalue weighted by molar-refractivity contribution is 0.146. The van der Waals surface area contributed by atoms with Crippen LogP contribution in [0.4, 0.5) is 0 Å². The normalized spacial score (nSPS) is 50.5. The Morgan fingerprint density at radius 2 is 1.94 bits per heavy atom. The highest BCUT2D eigenvalue weighted by Crippen LogP contribution is 2.73. The maximum Gasteiger partial charge on any atom is 0.212 e. The van der Waals surface area contributed by atoms with Crippen LogP contribution in [0.25, 0.3) is 0 Å². The Bertz CT molecular complexity index is 459. The molecule has 92 valence electrons. The predicted octanol–water partition coefficient (Wildman–Crippen LogP) is 1.90. The highest BCUT2D eigenvalue weighted by atomic mass is 35.5. The van der Waals surface area contributed by atoms with E-state index in [-0.39, 0.29) is 28.5 Å². The number of hydrogen-bond donors (Lipinski definition) is 1. The van der Waals surface area contributed by atoms with Crippen molar-refractivity contribution >= 4 is 33.2 Å². The lowest BCUT2D eigenvalue weighted by Gasteiger charge is -2.36. The molecule has 1 heterocycles. The van der Waals surface area contributed by atoms with Gasteiger partial charge in [0.2, 0.25) is 10.0 Å². The number of alkyl halides is 2. The smallest absolute Gasteiger partial charge is 0.212 e. The summed E-state index contributed by atoms with van der Waals surface area (Å²) in [4.78, 5) is 0. The zero-order valence-corrected chi connectivity index (χ0v) is 11.6. The van der Waals surface area contributed by atoms with Gasteiger partial charge >= 0.3 is 0 Å². The van der Waals surface area contributed by atoms with Gasteiger partial charge in [-0.05, 0) is 24.2 Å². The third-order valence-corrected chi connectivity index (χ3v) is 7.63. The van der Waals surface area contributed by atoms with Crippen molar-refractivity contribution in [2.24, 2.45) is 16.7 Å². The molecule has 0 radical (unpaired) electrons. The topological polar surface area (TPSA) is 46.2 Å². The fourth-order valence-electron chi connectivity index (χ4n) is 4.28. The van der Waals surface area contributed by atoms with Crippen LogP contribution >= 0.6 is 23.2 Å². The molecule has 1 unspecified atom stereocenters. The molecule has 2 aliphatic carbocycles. The lowest BCUT2D eigenvalue weighted by Crippen LogP contribution is -2.48. The second-order valence-electron chi connectivity index (χ2n) is 5.95. The summed E-state index contributed by atoms with van der Waals surface area (Å²) >= 11 is 12.8. The first-order valence-electron chi connectivity index (χ1n) is 5.51. The molecule has 3 atom stereocenters. The van der Waals surface area contributed by atoms with Gasteiger partial charge in [-0.25, -0.2) is 13.1 Å². The zero-order chi connectivity index (χ0) is 12.0. The molecule has 3 nitrogen and oxygen atoms in total. The zero-order valence-electron chi connectivity index (χ0n) is 9.26. The van der Waals surface area contributed by atoms with Gasteiger partial charge in [-0.15, -0.1) is 0 Å². The van der Waals surface area contributed by atoms with E-state index in [2.05, 4.69) is 18.6 Å². The van der Waals surface area contributed by atoms with Crippen molar-refractivity contribution in [1.82, 2.24) is 4.72 Å². The molecule has 0 aromatic carbocycles. The van der Waals surface area contributed by atoms with Crippen molar-refractivity contribution in [3.8, 4) is 0 Å². The summed E-state index contributed by atoms with van der Waals surface area (Å²) in [5.41, 5.74) is -0.391. The van der Waals surface area contributed by atoms with Crippen molar-refractivity contribution in [3.05, 3.63) is 0 Å². The van der Waals surface area contributed by atoms with Gasteiger partial charge in [0.1, 0.15) is 4.33 Å². The van der Waals surface area contributed by atoms with Crippen LogP contribution in [0, 0.1) is 16.7 Å². The van der Waals surface area contributed by atoms with Gasteiger partial charge < -0.3 is 0 Å². The summed E-state index contributed by atoms with van der Waals surface area (Å²) < 4.78 is 25.3. The van der Waals surface area contributed by atoms with E-state index >= 15 is 0 Å². The van der Waals surface area contributed by atoms with Crippen LogP contribution in [0.15, 0.2) is 0 Å². The van der Waals surface area contributed by atoms with Crippen molar-refractivity contribution in [2.75, 3.05) is 5.75 Å². The molecule has 1 saturated heterocycles. The highest BCUT2D eigenvalue weighted by molar-refractivity contribution is 7.89. The van der Waals surface area contributed by atoms with Crippen LogP contribution < -0.4 is 4.72 Å². The molecular weight excluding hydrogens is 269 g/mol. The van der Waals surface area contributed by atoms with Gasteiger partial charge in [0.15, 0.2) is 0 Å². The average Bonchev–Trinajstić information content (AvgIpc) is 2.53. The molecule has 1 aliphatic heterocycles. The largest absolute Gasteiger partial charge is 0.212 e. The second-order valence-corrected chi connectivity index (χ2v) is 9.15. The van der Waals surface area contributed by atoms with E-state index in [0.717, 1.165) is 12.8 Å². The molecule has 1 N–H and O–H groups in total. The first kappa shape index (κ1) is 11.6. The van der Waals surface area contributed by atoms with Crippen LogP contribution in [0.3, 0.4) is 0 Å². The summed E-state index contributed by atoms with van der Waals surface area (Å²) in [5, 5.41) is 0. The van der Waals surface area contributed by atoms with E-state index < -0.39 is 14.4 Å². The Balaban J connectivity index is 2.21. The molecule has 2 bridgehead atoms. The van der Waals surface area contributed by atoms with Gasteiger partial charge in [0, 0.05) is 5.41 Å². The van der Waals surface area contributed by atoms with Crippen LogP contribution in [-0.4, -0.2) is 24.5 Å². The van der Waals surface area contributed by atoms with Gasteiger partial charge in [-0.1, -0.05) is 37.0 Å². The molecule has 1 spiro atoms. The molecule has 0 aromatic heterocycles. The number of sulfonamides is 1. The van der Waals surface area contributed by atoms with Crippen LogP contribution in [0.2, 0.25) is 0 Å². The molecule has 3 aliphatic rings. The van der Waals surface area contributed by atoms with Crippen molar-refractivity contribution in [1.29, 1.82) is 0 Å². The number of hydrogen-bond acceptors (Lipinski definition) is 2. The maximum absolute atomic E-state index is 11.8. The molecule has 6 heteroatoms. The average molecular weight is 284 g/mol. The Labute approximate surface area is 106 Å². The Hall–Kier alpha value is 0.490. The number of rotatable bonds is 0. The monoisotopic (exact) mass is 283 g/mol. The van der Waals surface area contributed by atoms with Crippen LogP contribution in [0.1, 0.15) is 26.7 Å². The number of fused-ring (bicyclic) bond motifs is 1. The standard InChI is InChI=1S/C10H15Cl2NO2S/c1-8(2)6-3-4-9(8)5-16(14,15)13-7(9)10(6,11)12/h6-7,13H,3-5H2,1-2H3/t6-,7-,9?/m0/s1. The quantitative estimate of drug-likeness (QED) is 0.691. The summed E-state index contributed by atoms with van der Waals surface area (Å²) in [6, 6.07) is -0.318. The predicted molar refractivity (Wildman–Crippen MR) is 64.1 cm³/mol. The molecule has 0 aromatic rings. The van der Waals surface area contributed by atoms with E-state index in [0.29, 0.717) is 0 Å².